The molecule has 0 unspecified atom stereocenters. The third kappa shape index (κ3) is 1.00. The Labute approximate surface area is 57.8 Å². The number of carbonyl (C=O) groups is 1. The van der Waals surface area contributed by atoms with Crippen LogP contribution in [0.1, 0.15) is 0 Å². The van der Waals surface area contributed by atoms with Gasteiger partial charge in [-0.2, -0.15) is 0 Å². The Kier molecular flexibility index (Phi) is 1.71. The number of carbonyl (C=O) groups excluding carboxylic acids is 1. The Morgan fingerprint density at radius 3 is 2.90 bits per heavy atom. The zero-order chi connectivity index (χ0) is 7.56. The Balaban J connectivity index is 2.88. The van der Waals surface area contributed by atoms with Crippen LogP contribution in [0, 0.1) is 0 Å². The van der Waals surface area contributed by atoms with Crippen LogP contribution in [-0.2, 0) is 9.53 Å². The lowest BCUT2D eigenvalue weighted by molar-refractivity contribution is -0.135. The van der Waals surface area contributed by atoms with E-state index >= 15 is 0 Å². The van der Waals surface area contributed by atoms with Crippen LogP contribution in [0.5, 0.6) is 0 Å². The van der Waals surface area contributed by atoms with E-state index in [0.29, 0.717) is 0 Å². The number of nitrogens with zero attached hydrogens (tertiary/aromatic N) is 1. The number of aliphatic imine (C=N–C) groups is 1. The summed E-state index contributed by atoms with van der Waals surface area (Å²) in [6.07, 6.45) is 1.28. The first-order valence-corrected chi connectivity index (χ1v) is 2.77. The van der Waals surface area contributed by atoms with Gasteiger partial charge >= 0.3 is 5.97 Å². The summed E-state index contributed by atoms with van der Waals surface area (Å²) in [7, 11) is 1.52. The molecule has 0 bridgehead atoms. The molecule has 0 saturated carbocycles. The lowest BCUT2D eigenvalue weighted by atomic mass is 10.3. The Bertz CT molecular complexity index is 217. The number of aliphatic hydroxyl groups excluding tert-OH is 1. The highest BCUT2D eigenvalue weighted by molar-refractivity contribution is 6.11. The van der Waals surface area contributed by atoms with Crippen molar-refractivity contribution in [1.82, 2.24) is 0 Å². The van der Waals surface area contributed by atoms with Gasteiger partial charge in [0.1, 0.15) is 17.9 Å². The fourth-order valence-corrected chi connectivity index (χ4v) is 0.664. The first-order chi connectivity index (χ1) is 4.75. The van der Waals surface area contributed by atoms with Gasteiger partial charge in [-0.15, -0.1) is 0 Å². The highest BCUT2D eigenvalue weighted by Crippen LogP contribution is 2.10. The van der Waals surface area contributed by atoms with Crippen LogP contribution in [0.3, 0.4) is 0 Å². The van der Waals surface area contributed by atoms with Crippen molar-refractivity contribution in [1.29, 1.82) is 0 Å². The Morgan fingerprint density at radius 1 is 1.80 bits per heavy atom. The van der Waals surface area contributed by atoms with E-state index in [1.807, 2.05) is 0 Å². The summed E-state index contributed by atoms with van der Waals surface area (Å²) >= 11 is 0. The van der Waals surface area contributed by atoms with Crippen LogP contribution in [0.15, 0.2) is 16.3 Å². The molecule has 1 N–H and O–H groups in total. The van der Waals surface area contributed by atoms with Crippen LogP contribution in [-0.4, -0.2) is 30.9 Å². The normalized spacial score (nSPS) is 18.7. The van der Waals surface area contributed by atoms with E-state index in [4.69, 9.17) is 5.11 Å². The number of hydrogen-bond acceptors (Lipinski definition) is 4. The number of esters is 1. The number of rotatable bonds is 1. The van der Waals surface area contributed by atoms with Gasteiger partial charge < -0.3 is 9.84 Å². The second kappa shape index (κ2) is 2.51. The van der Waals surface area contributed by atoms with Crippen molar-refractivity contribution in [3.8, 4) is 0 Å². The molecule has 10 heavy (non-hydrogen) atoms. The van der Waals surface area contributed by atoms with Gasteiger partial charge in [-0.3, -0.25) is 4.99 Å². The van der Waals surface area contributed by atoms with Crippen LogP contribution in [0.4, 0.5) is 0 Å². The van der Waals surface area contributed by atoms with Gasteiger partial charge in [-0.25, -0.2) is 4.79 Å². The summed E-state index contributed by atoms with van der Waals surface area (Å²) in [4.78, 5) is 14.2. The molecule has 0 aromatic carbocycles. The number of aliphatic hydroxyl groups is 1. The third-order valence-electron chi connectivity index (χ3n) is 1.13. The summed E-state index contributed by atoms with van der Waals surface area (Å²) < 4.78 is 4.48. The standard InChI is InChI=1S/C6H7NO3/c1-7-2-4-5(8)3-10-6(4)9/h2,8H,3H2,1H3. The summed E-state index contributed by atoms with van der Waals surface area (Å²) in [5.74, 6) is -0.557. The summed E-state index contributed by atoms with van der Waals surface area (Å²) in [6, 6.07) is 0. The molecule has 1 rings (SSSR count). The van der Waals surface area contributed by atoms with Crippen molar-refractivity contribution >= 4 is 12.2 Å². The molecule has 0 amide bonds. The molecule has 1 aliphatic rings. The maximum Gasteiger partial charge on any atom is 0.343 e. The second-order valence-electron chi connectivity index (χ2n) is 1.82. The van der Waals surface area contributed by atoms with Gasteiger partial charge in [0.25, 0.3) is 0 Å². The van der Waals surface area contributed by atoms with Gasteiger partial charge in [0, 0.05) is 13.3 Å². The lowest BCUT2D eigenvalue weighted by Gasteiger charge is -1.86. The molecule has 0 saturated heterocycles. The van der Waals surface area contributed by atoms with Gasteiger partial charge in [0.15, 0.2) is 0 Å². The molecule has 1 heterocycles. The topological polar surface area (TPSA) is 58.9 Å². The minimum Gasteiger partial charge on any atom is -0.508 e. The van der Waals surface area contributed by atoms with E-state index in [0.717, 1.165) is 0 Å². The van der Waals surface area contributed by atoms with Crippen molar-refractivity contribution in [2.45, 2.75) is 0 Å². The van der Waals surface area contributed by atoms with Gasteiger partial charge in [0.05, 0.1) is 0 Å². The van der Waals surface area contributed by atoms with Crippen molar-refractivity contribution < 1.29 is 14.6 Å². The summed E-state index contributed by atoms with van der Waals surface area (Å²) in [6.45, 7) is -0.0276. The van der Waals surface area contributed by atoms with E-state index in [-0.39, 0.29) is 17.9 Å². The van der Waals surface area contributed by atoms with Gasteiger partial charge in [-0.1, -0.05) is 0 Å². The molecule has 0 spiro atoms. The number of cyclic esters (lactones) is 1. The van der Waals surface area contributed by atoms with Crippen LogP contribution < -0.4 is 0 Å². The van der Waals surface area contributed by atoms with Gasteiger partial charge in [0.2, 0.25) is 0 Å². The fraction of sp³-hybridized carbons (Fsp3) is 0.333. The minimum absolute atomic E-state index is 0.0276. The second-order valence-corrected chi connectivity index (χ2v) is 1.82. The third-order valence-corrected chi connectivity index (χ3v) is 1.13. The minimum atomic E-state index is -0.511. The predicted molar refractivity (Wildman–Crippen MR) is 35.0 cm³/mol. The number of ether oxygens (including phenoxy) is 1. The molecular formula is C6H7NO3. The Hall–Kier alpha value is -1.32. The van der Waals surface area contributed by atoms with Crippen molar-refractivity contribution in [3.05, 3.63) is 11.3 Å². The monoisotopic (exact) mass is 141 g/mol. The van der Waals surface area contributed by atoms with E-state index in [2.05, 4.69) is 9.73 Å². The maximum absolute atomic E-state index is 10.6. The molecular weight excluding hydrogens is 134 g/mol. The molecule has 0 atom stereocenters. The molecule has 0 aromatic heterocycles. The van der Waals surface area contributed by atoms with Crippen molar-refractivity contribution in [2.24, 2.45) is 4.99 Å². The van der Waals surface area contributed by atoms with E-state index in [1.165, 1.54) is 13.3 Å². The molecule has 1 aliphatic heterocycles. The molecule has 0 aromatic rings. The van der Waals surface area contributed by atoms with Gasteiger partial charge in [-0.05, 0) is 0 Å². The highest BCUT2D eigenvalue weighted by Gasteiger charge is 2.22. The SMILES string of the molecule is CN=CC1=C(O)COC1=O. The first-order valence-electron chi connectivity index (χ1n) is 2.77. The predicted octanol–water partition coefficient (Wildman–Crippen LogP) is 0.0559. The smallest absolute Gasteiger partial charge is 0.343 e. The Morgan fingerprint density at radius 2 is 2.50 bits per heavy atom. The van der Waals surface area contributed by atoms with Crippen molar-refractivity contribution in [3.63, 3.8) is 0 Å². The number of hydrogen-bond donors (Lipinski definition) is 1. The van der Waals surface area contributed by atoms with Crippen molar-refractivity contribution in [2.75, 3.05) is 13.7 Å². The molecule has 4 nitrogen and oxygen atoms in total. The average Bonchev–Trinajstić information content (AvgIpc) is 2.20. The summed E-state index contributed by atoms with van der Waals surface area (Å²) in [5.41, 5.74) is 0.155. The van der Waals surface area contributed by atoms with Crippen LogP contribution >= 0.6 is 0 Å². The zero-order valence-electron chi connectivity index (χ0n) is 5.50. The van der Waals surface area contributed by atoms with Crippen LogP contribution in [0.2, 0.25) is 0 Å². The van der Waals surface area contributed by atoms with E-state index < -0.39 is 5.97 Å². The lowest BCUT2D eigenvalue weighted by Crippen LogP contribution is -1.99. The zero-order valence-corrected chi connectivity index (χ0v) is 5.50. The first kappa shape index (κ1) is 6.80. The highest BCUT2D eigenvalue weighted by atomic mass is 16.5. The van der Waals surface area contributed by atoms with E-state index in [9.17, 15) is 4.79 Å². The quantitative estimate of drug-likeness (QED) is 0.414. The maximum atomic E-state index is 10.6. The fourth-order valence-electron chi connectivity index (χ4n) is 0.664. The molecule has 54 valence electrons. The molecule has 0 fully saturated rings. The summed E-state index contributed by atoms with van der Waals surface area (Å²) in [5, 5.41) is 8.93. The van der Waals surface area contributed by atoms with E-state index in [1.54, 1.807) is 0 Å². The molecule has 0 radical (unpaired) electrons. The average molecular weight is 141 g/mol. The molecule has 0 aliphatic carbocycles. The molecule has 4 heteroatoms. The van der Waals surface area contributed by atoms with Crippen LogP contribution in [0.25, 0.3) is 0 Å². The largest absolute Gasteiger partial charge is 0.508 e.